The van der Waals surface area contributed by atoms with E-state index in [1.165, 1.54) is 13.1 Å². The van der Waals surface area contributed by atoms with Crippen LogP contribution >= 0.6 is 0 Å². The third-order valence-electron chi connectivity index (χ3n) is 2.26. The standard InChI is InChI=1S/C11H7F4N3O3/c1-16-10(19)20-5-2-3-6(7(12)4-5)8-17-9(21-18-8)11(13,14)15/h2-4H,1H3,(H,16,19). The molecule has 1 aromatic heterocycles. The molecule has 0 saturated heterocycles. The fourth-order valence-electron chi connectivity index (χ4n) is 1.35. The van der Waals surface area contributed by atoms with E-state index in [0.717, 1.165) is 12.1 Å². The molecule has 0 aliphatic heterocycles. The smallest absolute Gasteiger partial charge is 0.410 e. The van der Waals surface area contributed by atoms with Crippen molar-refractivity contribution in [2.24, 2.45) is 0 Å². The van der Waals surface area contributed by atoms with E-state index >= 15 is 0 Å². The molecule has 0 unspecified atom stereocenters. The number of carbonyl (C=O) groups is 1. The molecular formula is C11H7F4N3O3. The summed E-state index contributed by atoms with van der Waals surface area (Å²) in [5.74, 6) is -3.24. The van der Waals surface area contributed by atoms with Gasteiger partial charge < -0.3 is 14.6 Å². The summed E-state index contributed by atoms with van der Waals surface area (Å²) < 4.78 is 59.4. The Bertz CT molecular complexity index is 669. The number of nitrogens with one attached hydrogen (secondary N) is 1. The van der Waals surface area contributed by atoms with E-state index in [1.807, 2.05) is 0 Å². The van der Waals surface area contributed by atoms with E-state index in [2.05, 4.69) is 24.7 Å². The monoisotopic (exact) mass is 305 g/mol. The van der Waals surface area contributed by atoms with E-state index < -0.39 is 29.8 Å². The molecule has 0 fully saturated rings. The molecule has 0 aliphatic carbocycles. The zero-order valence-corrected chi connectivity index (χ0v) is 10.4. The van der Waals surface area contributed by atoms with Gasteiger partial charge in [0, 0.05) is 13.1 Å². The van der Waals surface area contributed by atoms with Crippen LogP contribution in [0.1, 0.15) is 5.89 Å². The van der Waals surface area contributed by atoms with Crippen LogP contribution in [0.25, 0.3) is 11.4 Å². The molecule has 1 heterocycles. The number of ether oxygens (including phenoxy) is 1. The largest absolute Gasteiger partial charge is 0.471 e. The Hall–Kier alpha value is -2.65. The van der Waals surface area contributed by atoms with Gasteiger partial charge in [-0.3, -0.25) is 0 Å². The number of hydrogen-bond donors (Lipinski definition) is 1. The molecule has 2 aromatic rings. The van der Waals surface area contributed by atoms with Gasteiger partial charge in [0.05, 0.1) is 5.56 Å². The van der Waals surface area contributed by atoms with Crippen LogP contribution in [0.2, 0.25) is 0 Å². The van der Waals surface area contributed by atoms with Crippen molar-refractivity contribution in [1.82, 2.24) is 15.5 Å². The topological polar surface area (TPSA) is 77.2 Å². The fourth-order valence-corrected chi connectivity index (χ4v) is 1.35. The van der Waals surface area contributed by atoms with Crippen molar-refractivity contribution in [3.05, 3.63) is 29.9 Å². The highest BCUT2D eigenvalue weighted by Gasteiger charge is 2.38. The average Bonchev–Trinajstić information content (AvgIpc) is 2.88. The first-order valence-corrected chi connectivity index (χ1v) is 5.41. The molecule has 0 saturated carbocycles. The third kappa shape index (κ3) is 3.27. The highest BCUT2D eigenvalue weighted by atomic mass is 19.4. The SMILES string of the molecule is CNC(=O)Oc1ccc(-c2noc(C(F)(F)F)n2)c(F)c1. The highest BCUT2D eigenvalue weighted by molar-refractivity contribution is 5.70. The van der Waals surface area contributed by atoms with Crippen molar-refractivity contribution in [1.29, 1.82) is 0 Å². The Morgan fingerprint density at radius 3 is 2.62 bits per heavy atom. The number of rotatable bonds is 2. The number of aromatic nitrogens is 2. The second-order valence-electron chi connectivity index (χ2n) is 3.70. The number of halogens is 4. The molecule has 112 valence electrons. The van der Waals surface area contributed by atoms with Gasteiger partial charge in [-0.2, -0.15) is 18.2 Å². The van der Waals surface area contributed by atoms with Crippen molar-refractivity contribution >= 4 is 6.09 Å². The second-order valence-corrected chi connectivity index (χ2v) is 3.70. The van der Waals surface area contributed by atoms with Gasteiger partial charge >= 0.3 is 18.2 Å². The van der Waals surface area contributed by atoms with E-state index in [4.69, 9.17) is 0 Å². The molecule has 2 rings (SSSR count). The second kappa shape index (κ2) is 5.38. The summed E-state index contributed by atoms with van der Waals surface area (Å²) in [5.41, 5.74) is -0.321. The summed E-state index contributed by atoms with van der Waals surface area (Å²) in [6.07, 6.45) is -5.63. The molecular weight excluding hydrogens is 298 g/mol. The predicted octanol–water partition coefficient (Wildman–Crippen LogP) is 2.61. The lowest BCUT2D eigenvalue weighted by Gasteiger charge is -2.04. The van der Waals surface area contributed by atoms with Gasteiger partial charge in [0.25, 0.3) is 0 Å². The van der Waals surface area contributed by atoms with E-state index in [-0.39, 0.29) is 11.3 Å². The Balaban J connectivity index is 2.29. The molecule has 0 atom stereocenters. The maximum atomic E-state index is 13.8. The fraction of sp³-hybridized carbons (Fsp3) is 0.182. The molecule has 0 spiro atoms. The lowest BCUT2D eigenvalue weighted by molar-refractivity contribution is -0.159. The Morgan fingerprint density at radius 2 is 2.10 bits per heavy atom. The zero-order valence-electron chi connectivity index (χ0n) is 10.4. The summed E-state index contributed by atoms with van der Waals surface area (Å²) in [5, 5.41) is 5.21. The minimum Gasteiger partial charge on any atom is -0.410 e. The van der Waals surface area contributed by atoms with Crippen LogP contribution in [0.5, 0.6) is 5.75 Å². The van der Waals surface area contributed by atoms with Crippen LogP contribution in [0.3, 0.4) is 0 Å². The van der Waals surface area contributed by atoms with Crippen LogP contribution in [-0.2, 0) is 6.18 Å². The number of carbonyl (C=O) groups excluding carboxylic acids is 1. The Labute approximate surface area is 114 Å². The van der Waals surface area contributed by atoms with E-state index in [0.29, 0.717) is 0 Å². The third-order valence-corrected chi connectivity index (χ3v) is 2.26. The maximum absolute atomic E-state index is 13.8. The van der Waals surface area contributed by atoms with Crippen molar-refractivity contribution in [3.8, 4) is 17.1 Å². The molecule has 1 aromatic carbocycles. The lowest BCUT2D eigenvalue weighted by atomic mass is 10.2. The van der Waals surface area contributed by atoms with Gasteiger partial charge in [0.2, 0.25) is 5.82 Å². The van der Waals surface area contributed by atoms with Crippen LogP contribution in [-0.4, -0.2) is 23.3 Å². The number of alkyl halides is 3. The van der Waals surface area contributed by atoms with Crippen LogP contribution in [0.4, 0.5) is 22.4 Å². The molecule has 1 N–H and O–H groups in total. The van der Waals surface area contributed by atoms with Crippen molar-refractivity contribution < 1.29 is 31.6 Å². The minimum atomic E-state index is -4.82. The van der Waals surface area contributed by atoms with Gasteiger partial charge in [0.1, 0.15) is 11.6 Å². The average molecular weight is 305 g/mol. The molecule has 6 nitrogen and oxygen atoms in total. The van der Waals surface area contributed by atoms with E-state index in [1.54, 1.807) is 0 Å². The predicted molar refractivity (Wildman–Crippen MR) is 59.8 cm³/mol. The molecule has 10 heteroatoms. The number of nitrogens with zero attached hydrogens (tertiary/aromatic N) is 2. The number of hydrogen-bond acceptors (Lipinski definition) is 5. The van der Waals surface area contributed by atoms with Gasteiger partial charge in [0.15, 0.2) is 0 Å². The van der Waals surface area contributed by atoms with Crippen molar-refractivity contribution in [3.63, 3.8) is 0 Å². The number of benzene rings is 1. The zero-order chi connectivity index (χ0) is 15.6. The molecule has 0 aliphatic rings. The first-order valence-electron chi connectivity index (χ1n) is 5.41. The molecule has 1 amide bonds. The summed E-state index contributed by atoms with van der Waals surface area (Å²) in [6, 6.07) is 3.06. The van der Waals surface area contributed by atoms with E-state index in [9.17, 15) is 22.4 Å². The Morgan fingerprint density at radius 1 is 1.38 bits per heavy atom. The first kappa shape index (κ1) is 14.8. The van der Waals surface area contributed by atoms with Crippen molar-refractivity contribution in [2.75, 3.05) is 7.05 Å². The lowest BCUT2D eigenvalue weighted by Crippen LogP contribution is -2.22. The van der Waals surface area contributed by atoms with Crippen LogP contribution in [0, 0.1) is 5.82 Å². The number of amides is 1. The molecule has 0 radical (unpaired) electrons. The Kier molecular flexibility index (Phi) is 3.78. The summed E-state index contributed by atoms with van der Waals surface area (Å²) in [7, 11) is 1.31. The highest BCUT2D eigenvalue weighted by Crippen LogP contribution is 2.30. The normalized spacial score (nSPS) is 11.3. The van der Waals surface area contributed by atoms with Crippen molar-refractivity contribution in [2.45, 2.75) is 6.18 Å². The minimum absolute atomic E-state index is 0.130. The van der Waals surface area contributed by atoms with Gasteiger partial charge in [-0.25, -0.2) is 9.18 Å². The van der Waals surface area contributed by atoms with Gasteiger partial charge in [-0.15, -0.1) is 0 Å². The van der Waals surface area contributed by atoms with Gasteiger partial charge in [-0.1, -0.05) is 5.16 Å². The first-order chi connectivity index (χ1) is 9.81. The molecule has 21 heavy (non-hydrogen) atoms. The summed E-state index contributed by atoms with van der Waals surface area (Å²) in [6.45, 7) is 0. The maximum Gasteiger partial charge on any atom is 0.471 e. The summed E-state index contributed by atoms with van der Waals surface area (Å²) in [4.78, 5) is 14.0. The van der Waals surface area contributed by atoms with Crippen LogP contribution in [0.15, 0.2) is 22.7 Å². The quantitative estimate of drug-likeness (QED) is 0.863. The summed E-state index contributed by atoms with van der Waals surface area (Å²) >= 11 is 0. The van der Waals surface area contributed by atoms with Gasteiger partial charge in [-0.05, 0) is 12.1 Å². The van der Waals surface area contributed by atoms with Crippen LogP contribution < -0.4 is 10.1 Å². The molecule has 0 bridgehead atoms.